The Bertz CT molecular complexity index is 475. The third-order valence-electron chi connectivity index (χ3n) is 5.61. The van der Waals surface area contributed by atoms with Crippen molar-refractivity contribution in [1.29, 1.82) is 0 Å². The van der Waals surface area contributed by atoms with Gasteiger partial charge in [-0.2, -0.15) is 0 Å². The molecule has 1 N–H and O–H groups in total. The summed E-state index contributed by atoms with van der Waals surface area (Å²) in [5.41, 5.74) is 0.532. The van der Waals surface area contributed by atoms with E-state index in [-0.39, 0.29) is 5.92 Å². The van der Waals surface area contributed by atoms with Gasteiger partial charge in [0, 0.05) is 22.6 Å². The molecule has 136 valence electrons. The Morgan fingerprint density at radius 2 is 1.71 bits per heavy atom. The highest BCUT2D eigenvalue weighted by molar-refractivity contribution is 8.00. The van der Waals surface area contributed by atoms with Gasteiger partial charge in [0.15, 0.2) is 0 Å². The molecule has 0 saturated heterocycles. The van der Waals surface area contributed by atoms with E-state index >= 15 is 0 Å². The summed E-state index contributed by atoms with van der Waals surface area (Å²) in [6, 6.07) is 8.93. The van der Waals surface area contributed by atoms with Gasteiger partial charge in [0.25, 0.3) is 0 Å². The van der Waals surface area contributed by atoms with E-state index in [4.69, 9.17) is 0 Å². The molecule has 0 heterocycles. The number of aliphatic hydroxyl groups is 1. The van der Waals surface area contributed by atoms with E-state index in [2.05, 4.69) is 49.9 Å². The summed E-state index contributed by atoms with van der Waals surface area (Å²) in [4.78, 5) is 3.67. The van der Waals surface area contributed by atoms with Gasteiger partial charge in [-0.15, -0.1) is 11.8 Å². The standard InChI is InChI=1S/C21H35NOS/c1-5-22(6-2)16-21(4,23)17(3)18-12-14-20(15-13-18)24-19-10-8-7-9-11-19/h12-15,17,19,23H,5-11,16H2,1-4H3. The van der Waals surface area contributed by atoms with Crippen molar-refractivity contribution in [3.63, 3.8) is 0 Å². The van der Waals surface area contributed by atoms with Crippen LogP contribution in [0.4, 0.5) is 0 Å². The summed E-state index contributed by atoms with van der Waals surface area (Å²) in [7, 11) is 0. The minimum atomic E-state index is -0.704. The fraction of sp³-hybridized carbons (Fsp3) is 0.714. The Kier molecular flexibility index (Phi) is 7.64. The molecule has 0 radical (unpaired) electrons. The first-order valence-electron chi connectivity index (χ1n) is 9.67. The van der Waals surface area contributed by atoms with Gasteiger partial charge in [0.05, 0.1) is 5.60 Å². The minimum absolute atomic E-state index is 0.131. The van der Waals surface area contributed by atoms with Gasteiger partial charge in [-0.1, -0.05) is 52.2 Å². The Hall–Kier alpha value is -0.510. The fourth-order valence-corrected chi connectivity index (χ4v) is 4.85. The molecule has 0 aliphatic heterocycles. The summed E-state index contributed by atoms with van der Waals surface area (Å²) in [5.74, 6) is 0.131. The third kappa shape index (κ3) is 5.50. The predicted molar refractivity (Wildman–Crippen MR) is 106 cm³/mol. The van der Waals surface area contributed by atoms with E-state index < -0.39 is 5.60 Å². The van der Waals surface area contributed by atoms with E-state index in [9.17, 15) is 5.11 Å². The minimum Gasteiger partial charge on any atom is -0.388 e. The van der Waals surface area contributed by atoms with E-state index in [1.54, 1.807) is 0 Å². The fourth-order valence-electron chi connectivity index (χ4n) is 3.61. The van der Waals surface area contributed by atoms with Crippen LogP contribution >= 0.6 is 11.8 Å². The second kappa shape index (κ2) is 9.26. The number of thioether (sulfide) groups is 1. The maximum Gasteiger partial charge on any atom is 0.0811 e. The van der Waals surface area contributed by atoms with Crippen molar-refractivity contribution in [2.24, 2.45) is 0 Å². The Balaban J connectivity index is 1.97. The van der Waals surface area contributed by atoms with E-state index in [0.29, 0.717) is 0 Å². The number of likely N-dealkylation sites (N-methyl/N-ethyl adjacent to an activating group) is 1. The predicted octanol–water partition coefficient (Wildman–Crippen LogP) is 5.31. The molecule has 2 rings (SSSR count). The lowest BCUT2D eigenvalue weighted by Gasteiger charge is -2.35. The third-order valence-corrected chi connectivity index (χ3v) is 6.96. The van der Waals surface area contributed by atoms with Crippen LogP contribution in [-0.4, -0.2) is 40.5 Å². The molecule has 2 unspecified atom stereocenters. The number of nitrogens with zero attached hydrogens (tertiary/aromatic N) is 1. The molecule has 1 aliphatic carbocycles. The van der Waals surface area contributed by atoms with E-state index in [1.165, 1.54) is 42.6 Å². The molecule has 3 heteroatoms. The van der Waals surface area contributed by atoms with Gasteiger partial charge in [-0.3, -0.25) is 0 Å². The first-order chi connectivity index (χ1) is 11.5. The molecule has 1 saturated carbocycles. The molecule has 0 spiro atoms. The topological polar surface area (TPSA) is 23.5 Å². The van der Waals surface area contributed by atoms with Crippen molar-refractivity contribution in [2.45, 2.75) is 81.5 Å². The van der Waals surface area contributed by atoms with Crippen LogP contribution in [0.25, 0.3) is 0 Å². The number of hydrogen-bond acceptors (Lipinski definition) is 3. The molecule has 0 amide bonds. The lowest BCUT2D eigenvalue weighted by atomic mass is 9.84. The zero-order chi connectivity index (χ0) is 17.6. The van der Waals surface area contributed by atoms with Crippen LogP contribution in [0.15, 0.2) is 29.2 Å². The summed E-state index contributed by atoms with van der Waals surface area (Å²) in [5, 5.41) is 11.8. The second-order valence-corrected chi connectivity index (χ2v) is 8.86. The molecule has 24 heavy (non-hydrogen) atoms. The number of hydrogen-bond donors (Lipinski definition) is 1. The van der Waals surface area contributed by atoms with Gasteiger partial charge in [-0.05, 0) is 50.6 Å². The molecule has 1 fully saturated rings. The molecular weight excluding hydrogens is 314 g/mol. The van der Waals surface area contributed by atoms with Crippen molar-refractivity contribution >= 4 is 11.8 Å². The normalized spacial score (nSPS) is 20.1. The Morgan fingerprint density at radius 1 is 1.12 bits per heavy atom. The smallest absolute Gasteiger partial charge is 0.0811 e. The van der Waals surface area contributed by atoms with Crippen LogP contribution in [0.1, 0.15) is 71.3 Å². The molecular formula is C21H35NOS. The first-order valence-corrected chi connectivity index (χ1v) is 10.6. The lowest BCUT2D eigenvalue weighted by Crippen LogP contribution is -2.44. The zero-order valence-corrected chi connectivity index (χ0v) is 16.7. The van der Waals surface area contributed by atoms with Crippen LogP contribution < -0.4 is 0 Å². The van der Waals surface area contributed by atoms with E-state index in [0.717, 1.165) is 24.9 Å². The van der Waals surface area contributed by atoms with Gasteiger partial charge in [-0.25, -0.2) is 0 Å². The molecule has 2 atom stereocenters. The monoisotopic (exact) mass is 349 g/mol. The average molecular weight is 350 g/mol. The van der Waals surface area contributed by atoms with Crippen LogP contribution in [0.2, 0.25) is 0 Å². The van der Waals surface area contributed by atoms with Crippen LogP contribution in [0.5, 0.6) is 0 Å². The van der Waals surface area contributed by atoms with Crippen molar-refractivity contribution in [1.82, 2.24) is 4.90 Å². The molecule has 1 aromatic carbocycles. The molecule has 1 aromatic rings. The average Bonchev–Trinajstić information content (AvgIpc) is 2.60. The quantitative estimate of drug-likeness (QED) is 0.688. The van der Waals surface area contributed by atoms with Crippen molar-refractivity contribution < 1.29 is 5.11 Å². The van der Waals surface area contributed by atoms with Crippen molar-refractivity contribution in [3.8, 4) is 0 Å². The van der Waals surface area contributed by atoms with Gasteiger partial charge < -0.3 is 10.0 Å². The van der Waals surface area contributed by atoms with Crippen LogP contribution in [0.3, 0.4) is 0 Å². The maximum absolute atomic E-state index is 11.0. The van der Waals surface area contributed by atoms with Crippen molar-refractivity contribution in [3.05, 3.63) is 29.8 Å². The highest BCUT2D eigenvalue weighted by Crippen LogP contribution is 2.35. The largest absolute Gasteiger partial charge is 0.388 e. The summed E-state index contributed by atoms with van der Waals surface area (Å²) >= 11 is 2.04. The Labute approximate surface area is 153 Å². The summed E-state index contributed by atoms with van der Waals surface area (Å²) in [6.07, 6.45) is 6.92. The number of benzene rings is 1. The Morgan fingerprint density at radius 3 is 2.25 bits per heavy atom. The summed E-state index contributed by atoms with van der Waals surface area (Å²) in [6.45, 7) is 11.1. The summed E-state index contributed by atoms with van der Waals surface area (Å²) < 4.78 is 0. The van der Waals surface area contributed by atoms with Crippen LogP contribution in [-0.2, 0) is 0 Å². The molecule has 0 bridgehead atoms. The maximum atomic E-state index is 11.0. The molecule has 0 aromatic heterocycles. The number of rotatable bonds is 8. The van der Waals surface area contributed by atoms with Gasteiger partial charge in [0.1, 0.15) is 0 Å². The molecule has 1 aliphatic rings. The van der Waals surface area contributed by atoms with Gasteiger partial charge >= 0.3 is 0 Å². The van der Waals surface area contributed by atoms with Crippen molar-refractivity contribution in [2.75, 3.05) is 19.6 Å². The first kappa shape index (κ1) is 19.8. The van der Waals surface area contributed by atoms with Gasteiger partial charge in [0.2, 0.25) is 0 Å². The van der Waals surface area contributed by atoms with Crippen LogP contribution in [0, 0.1) is 0 Å². The SMILES string of the molecule is CCN(CC)CC(C)(O)C(C)c1ccc(SC2CCCCC2)cc1. The highest BCUT2D eigenvalue weighted by Gasteiger charge is 2.31. The second-order valence-electron chi connectivity index (χ2n) is 7.49. The zero-order valence-electron chi connectivity index (χ0n) is 15.9. The molecule has 2 nitrogen and oxygen atoms in total. The van der Waals surface area contributed by atoms with E-state index in [1.807, 2.05) is 18.7 Å². The lowest BCUT2D eigenvalue weighted by molar-refractivity contribution is 0.00262. The highest BCUT2D eigenvalue weighted by atomic mass is 32.2.